The summed E-state index contributed by atoms with van der Waals surface area (Å²) in [7, 11) is 8.95. The number of aromatic nitrogens is 3. The maximum absolute atomic E-state index is 13.7. The van der Waals surface area contributed by atoms with E-state index >= 15 is 0 Å². The number of hydrogen-bond donors (Lipinski definition) is 1. The van der Waals surface area contributed by atoms with Crippen LogP contribution < -0.4 is 0 Å². The van der Waals surface area contributed by atoms with Gasteiger partial charge in [-0.2, -0.15) is 0 Å². The van der Waals surface area contributed by atoms with Gasteiger partial charge in [-0.1, -0.05) is 52.8 Å². The highest BCUT2D eigenvalue weighted by atomic mass is 16.6. The molecule has 404 valence electrons. The van der Waals surface area contributed by atoms with E-state index in [1.54, 1.807) is 46.5 Å². The van der Waals surface area contributed by atoms with Gasteiger partial charge < -0.3 is 61.2 Å². The first-order chi connectivity index (χ1) is 34.9. The molecule has 4 heterocycles. The third kappa shape index (κ3) is 17.7. The predicted molar refractivity (Wildman–Crippen MR) is 263 cm³/mol. The monoisotopic (exact) mass is 1030 g/mol. The molecule has 3 aromatic rings. The summed E-state index contributed by atoms with van der Waals surface area (Å²) in [5.74, 6) is -3.99. The number of methoxy groups -OCH3 is 5. The second-order valence-corrected chi connectivity index (χ2v) is 18.5. The van der Waals surface area contributed by atoms with Gasteiger partial charge in [-0.05, 0) is 43.8 Å². The molecule has 1 N–H and O–H groups in total. The Bertz CT molecular complexity index is 2290. The number of oxazole rings is 3. The lowest BCUT2D eigenvalue weighted by Gasteiger charge is -2.35. The molecule has 0 radical (unpaired) electrons. The fourth-order valence-corrected chi connectivity index (χ4v) is 8.59. The number of amides is 1. The minimum absolute atomic E-state index is 0.0242. The summed E-state index contributed by atoms with van der Waals surface area (Å²) in [4.78, 5) is 79.2. The van der Waals surface area contributed by atoms with Gasteiger partial charge in [-0.25, -0.2) is 19.7 Å². The Hall–Kier alpha value is -5.84. The fraction of sp³-hybridized carbons (Fsp3) is 0.615. The Morgan fingerprint density at radius 1 is 0.863 bits per heavy atom. The van der Waals surface area contributed by atoms with Crippen LogP contribution >= 0.6 is 0 Å². The molecule has 1 aliphatic heterocycles. The molecule has 73 heavy (non-hydrogen) atoms. The van der Waals surface area contributed by atoms with Crippen molar-refractivity contribution in [2.75, 3.05) is 49.2 Å². The number of aliphatic hydroxyl groups is 1. The Balaban J connectivity index is 1.63. The summed E-state index contributed by atoms with van der Waals surface area (Å²) in [6.45, 7) is 10.4. The van der Waals surface area contributed by atoms with E-state index in [1.165, 1.54) is 64.1 Å². The Morgan fingerprint density at radius 2 is 1.55 bits per heavy atom. The average Bonchev–Trinajstić information content (AvgIpc) is 4.17. The van der Waals surface area contributed by atoms with Crippen LogP contribution in [0.1, 0.15) is 97.8 Å². The lowest BCUT2D eigenvalue weighted by atomic mass is 9.83. The number of aliphatic hydroxyl groups excluding tert-OH is 1. The van der Waals surface area contributed by atoms with Gasteiger partial charge in [0.1, 0.15) is 48.9 Å². The number of ether oxygens (including phenoxy) is 8. The van der Waals surface area contributed by atoms with Crippen molar-refractivity contribution in [3.63, 3.8) is 0 Å². The van der Waals surface area contributed by atoms with Crippen molar-refractivity contribution >= 4 is 36.2 Å². The lowest BCUT2D eigenvalue weighted by Crippen LogP contribution is -2.42. The Kier molecular flexibility index (Phi) is 24.3. The Morgan fingerprint density at radius 3 is 2.21 bits per heavy atom. The first-order valence-electron chi connectivity index (χ1n) is 24.3. The van der Waals surface area contributed by atoms with E-state index in [9.17, 15) is 29.1 Å². The fourth-order valence-electron chi connectivity index (χ4n) is 8.59. The van der Waals surface area contributed by atoms with Crippen LogP contribution in [0.3, 0.4) is 0 Å². The zero-order chi connectivity index (χ0) is 53.8. The summed E-state index contributed by atoms with van der Waals surface area (Å²) in [5.41, 5.74) is 0.950. The summed E-state index contributed by atoms with van der Waals surface area (Å²) in [5, 5.41) is 11.0. The number of carbonyl (C=O) groups excluding carboxylic acids is 5. The molecule has 13 atom stereocenters. The van der Waals surface area contributed by atoms with Crippen LogP contribution in [-0.2, 0) is 61.9 Å². The number of carbonyl (C=O) groups is 5. The van der Waals surface area contributed by atoms with Gasteiger partial charge in [0, 0.05) is 79.9 Å². The van der Waals surface area contributed by atoms with Crippen LogP contribution in [0.5, 0.6) is 0 Å². The minimum atomic E-state index is -1.19. The second-order valence-electron chi connectivity index (χ2n) is 18.5. The maximum atomic E-state index is 13.7. The van der Waals surface area contributed by atoms with Crippen molar-refractivity contribution < 1.29 is 80.2 Å². The Labute approximate surface area is 426 Å². The highest BCUT2D eigenvalue weighted by Crippen LogP contribution is 2.33. The van der Waals surface area contributed by atoms with Gasteiger partial charge in [-0.15, -0.1) is 0 Å². The molecule has 1 aliphatic rings. The molecular formula is C52H74N4O17. The first kappa shape index (κ1) is 59.7. The lowest BCUT2D eigenvalue weighted by molar-refractivity contribution is -0.173. The van der Waals surface area contributed by atoms with Gasteiger partial charge in [0.15, 0.2) is 23.3 Å². The molecule has 0 aliphatic carbocycles. The highest BCUT2D eigenvalue weighted by Gasteiger charge is 2.38. The number of nitrogens with zero attached hydrogens (tertiary/aromatic N) is 4. The average molecular weight is 1030 g/mol. The van der Waals surface area contributed by atoms with E-state index in [0.717, 1.165) is 0 Å². The molecule has 0 spiro atoms. The molecule has 21 heteroatoms. The second kappa shape index (κ2) is 29.8. The highest BCUT2D eigenvalue weighted by molar-refractivity contribution is 5.92. The van der Waals surface area contributed by atoms with Gasteiger partial charge >= 0.3 is 17.9 Å². The van der Waals surface area contributed by atoms with Gasteiger partial charge in [0.2, 0.25) is 24.1 Å². The van der Waals surface area contributed by atoms with E-state index in [4.69, 9.17) is 51.1 Å². The van der Waals surface area contributed by atoms with Crippen LogP contribution in [0.4, 0.5) is 0 Å². The van der Waals surface area contributed by atoms with Crippen molar-refractivity contribution in [1.29, 1.82) is 0 Å². The van der Waals surface area contributed by atoms with E-state index in [0.29, 0.717) is 37.1 Å². The van der Waals surface area contributed by atoms with Crippen LogP contribution in [0.2, 0.25) is 0 Å². The number of hydrogen-bond acceptors (Lipinski definition) is 20. The number of fused-ring (bicyclic) bond motifs is 8. The molecule has 0 saturated heterocycles. The molecule has 0 fully saturated rings. The van der Waals surface area contributed by atoms with Gasteiger partial charge in [-0.3, -0.25) is 19.2 Å². The topological polar surface area (TPSA) is 261 Å². The molecular weight excluding hydrogens is 953 g/mol. The van der Waals surface area contributed by atoms with Crippen molar-refractivity contribution in [1.82, 2.24) is 19.9 Å². The first-order valence-corrected chi connectivity index (χ1v) is 24.3. The standard InChI is InChI=1S/C52H74N4O17/c1-30(19-20-42(73-52(62)45(66-11)28-63-8)34(5)48(71-35(6)58)31(2)21-22-56(7)29-57)43(65-10)24-44-33(4)41(64-9)17-14-18-46-53-38(26-68-46)50-55-39(27-70-50)51-54-37(25-69-51)49(67-12)32(3)40(60)16-13-15-36(59)23-47(61)72-44/h13-14,16,18,21-22,25-27,29-34,36,41-45,48-49,59H,15,17,19-20,23-24,28H2,1-12H3/b16-13+,18-14+,22-21+/t30-,31-,32-,33-,34-,36+,41-,42+,43-,44-,45+,48+,49-/m0/s1. The van der Waals surface area contributed by atoms with Gasteiger partial charge in [0.05, 0.1) is 37.3 Å². The molecule has 21 nitrogen and oxygen atoms in total. The van der Waals surface area contributed by atoms with Crippen LogP contribution in [-0.4, -0.2) is 147 Å². The number of rotatable bonds is 21. The van der Waals surface area contributed by atoms with Gasteiger partial charge in [0.25, 0.3) is 0 Å². The van der Waals surface area contributed by atoms with Crippen molar-refractivity contribution in [3.05, 3.63) is 60.9 Å². The maximum Gasteiger partial charge on any atom is 0.337 e. The zero-order valence-electron chi connectivity index (χ0n) is 44.0. The zero-order valence-corrected chi connectivity index (χ0v) is 44.0. The third-order valence-electron chi connectivity index (χ3n) is 13.1. The number of esters is 3. The van der Waals surface area contributed by atoms with Crippen molar-refractivity contribution in [3.8, 4) is 23.2 Å². The summed E-state index contributed by atoms with van der Waals surface area (Å²) < 4.78 is 63.6. The molecule has 0 unspecified atom stereocenters. The summed E-state index contributed by atoms with van der Waals surface area (Å²) in [6, 6.07) is 0. The largest absolute Gasteiger partial charge is 0.462 e. The number of allylic oxidation sites excluding steroid dienone is 1. The molecule has 0 aromatic carbocycles. The molecule has 0 saturated carbocycles. The number of ketones is 1. The van der Waals surface area contributed by atoms with Crippen molar-refractivity contribution in [2.45, 2.75) is 129 Å². The predicted octanol–water partition coefficient (Wildman–Crippen LogP) is 6.75. The normalized spacial score (nSPS) is 24.1. The molecule has 1 amide bonds. The van der Waals surface area contributed by atoms with E-state index in [1.807, 2.05) is 33.8 Å². The molecule has 6 bridgehead atoms. The number of cyclic esters (lactones) is 1. The van der Waals surface area contributed by atoms with E-state index in [-0.39, 0.29) is 60.9 Å². The quantitative estimate of drug-likeness (QED) is 0.0657. The minimum Gasteiger partial charge on any atom is -0.462 e. The van der Waals surface area contributed by atoms with E-state index < -0.39 is 90.4 Å². The third-order valence-corrected chi connectivity index (χ3v) is 13.1. The smallest absolute Gasteiger partial charge is 0.337 e. The molecule has 4 rings (SSSR count). The summed E-state index contributed by atoms with van der Waals surface area (Å²) in [6.07, 6.45) is 8.87. The van der Waals surface area contributed by atoms with Crippen LogP contribution in [0.15, 0.2) is 62.5 Å². The van der Waals surface area contributed by atoms with Crippen molar-refractivity contribution in [2.24, 2.45) is 29.6 Å². The van der Waals surface area contributed by atoms with Crippen LogP contribution in [0, 0.1) is 29.6 Å². The summed E-state index contributed by atoms with van der Waals surface area (Å²) >= 11 is 0. The molecule has 3 aromatic heterocycles. The van der Waals surface area contributed by atoms with Crippen LogP contribution in [0.25, 0.3) is 29.2 Å². The van der Waals surface area contributed by atoms with E-state index in [2.05, 4.69) is 15.0 Å². The SMILES string of the molecule is COC[C@@H](OC)C(=O)O[C@H](CC[C@H](C)[C@H](C[C@@H]1OC(=O)C[C@H](O)C/C=C/C(=O)[C@H](C)[C@H](OC)c2coc(n2)-c2coc(n2)-c2coc(n2)/C=C/C[C@H](OC)[C@@H]1C)OC)[C@H](C)[C@H](OC(C)=O)[C@@H](C)/C=C/N(C)C=O.